The van der Waals surface area contributed by atoms with Gasteiger partial charge in [-0.3, -0.25) is 4.90 Å². The Kier molecular flexibility index (Phi) is 5.97. The molecule has 0 spiro atoms. The van der Waals surface area contributed by atoms with E-state index in [0.29, 0.717) is 6.42 Å². The maximum absolute atomic E-state index is 12.0. The van der Waals surface area contributed by atoms with E-state index in [-0.39, 0.29) is 11.1 Å². The van der Waals surface area contributed by atoms with Crippen LogP contribution in [-0.2, 0) is 4.79 Å². The number of carboxylic acid groups (broad SMARTS) is 1. The molecule has 0 saturated carbocycles. The molecule has 20 heavy (non-hydrogen) atoms. The van der Waals surface area contributed by atoms with Gasteiger partial charge < -0.3 is 10.4 Å². The van der Waals surface area contributed by atoms with Gasteiger partial charge in [-0.25, -0.2) is 9.59 Å². The molecule has 9 heteroatoms. The van der Waals surface area contributed by atoms with Crippen molar-refractivity contribution in [1.29, 1.82) is 0 Å². The predicted molar refractivity (Wildman–Crippen MR) is 68.5 cm³/mol. The van der Waals surface area contributed by atoms with Gasteiger partial charge in [0.05, 0.1) is 11.8 Å². The van der Waals surface area contributed by atoms with Gasteiger partial charge in [0.1, 0.15) is 6.04 Å². The zero-order valence-electron chi connectivity index (χ0n) is 10.9. The lowest BCUT2D eigenvalue weighted by Gasteiger charge is -2.27. The summed E-state index contributed by atoms with van der Waals surface area (Å²) in [5, 5.41) is 10.9. The Morgan fingerprint density at radius 2 is 2.10 bits per heavy atom. The third-order valence-corrected chi connectivity index (χ3v) is 4.19. The number of rotatable bonds is 5. The number of hydrogen-bond acceptors (Lipinski definition) is 3. The van der Waals surface area contributed by atoms with Crippen molar-refractivity contribution in [3.05, 3.63) is 0 Å². The minimum absolute atomic E-state index is 0.257. The Bertz CT molecular complexity index is 365. The van der Waals surface area contributed by atoms with E-state index in [0.717, 1.165) is 11.3 Å². The number of urea groups is 1. The fourth-order valence-corrected chi connectivity index (χ4v) is 3.41. The monoisotopic (exact) mass is 314 g/mol. The van der Waals surface area contributed by atoms with Crippen molar-refractivity contribution in [3.8, 4) is 0 Å². The normalized spacial score (nSPS) is 22.9. The number of hydrogen-bond donors (Lipinski definition) is 2. The SMILES string of the molecule is CCCC1SCC(C(=O)O)N1C(=O)NCCC(F)(F)F. The van der Waals surface area contributed by atoms with Crippen molar-refractivity contribution >= 4 is 23.8 Å². The minimum atomic E-state index is -4.35. The number of alkyl halides is 3. The van der Waals surface area contributed by atoms with Crippen LogP contribution in [0.4, 0.5) is 18.0 Å². The molecular weight excluding hydrogens is 297 g/mol. The van der Waals surface area contributed by atoms with Crippen molar-refractivity contribution in [3.63, 3.8) is 0 Å². The van der Waals surface area contributed by atoms with E-state index < -0.39 is 37.2 Å². The standard InChI is InChI=1S/C11H17F3N2O3S/c1-2-3-8-16(7(6-20-8)9(17)18)10(19)15-5-4-11(12,13)14/h7-8H,2-6H2,1H3,(H,15,19)(H,17,18). The van der Waals surface area contributed by atoms with Crippen LogP contribution in [0.5, 0.6) is 0 Å². The van der Waals surface area contributed by atoms with Crippen LogP contribution >= 0.6 is 11.8 Å². The van der Waals surface area contributed by atoms with Crippen LogP contribution in [0.25, 0.3) is 0 Å². The Labute approximate surface area is 118 Å². The lowest BCUT2D eigenvalue weighted by Crippen LogP contribution is -2.50. The highest BCUT2D eigenvalue weighted by molar-refractivity contribution is 8.00. The third kappa shape index (κ3) is 4.77. The van der Waals surface area contributed by atoms with Crippen molar-refractivity contribution in [2.75, 3.05) is 12.3 Å². The molecule has 0 aliphatic carbocycles. The van der Waals surface area contributed by atoms with Crippen molar-refractivity contribution in [2.24, 2.45) is 0 Å². The number of halogens is 3. The molecule has 2 unspecified atom stereocenters. The molecule has 2 N–H and O–H groups in total. The molecule has 0 aromatic carbocycles. The zero-order chi connectivity index (χ0) is 15.3. The van der Waals surface area contributed by atoms with Crippen molar-refractivity contribution in [1.82, 2.24) is 10.2 Å². The number of aliphatic carboxylic acids is 1. The van der Waals surface area contributed by atoms with Crippen LogP contribution in [0.3, 0.4) is 0 Å². The van der Waals surface area contributed by atoms with Gasteiger partial charge >= 0.3 is 18.2 Å². The number of carboxylic acids is 1. The smallest absolute Gasteiger partial charge is 0.390 e. The lowest BCUT2D eigenvalue weighted by molar-refractivity contribution is -0.141. The summed E-state index contributed by atoms with van der Waals surface area (Å²) in [4.78, 5) is 24.1. The van der Waals surface area contributed by atoms with E-state index >= 15 is 0 Å². The highest BCUT2D eigenvalue weighted by Crippen LogP contribution is 2.32. The molecule has 0 aromatic rings. The second kappa shape index (κ2) is 7.05. The lowest BCUT2D eigenvalue weighted by atomic mass is 10.2. The van der Waals surface area contributed by atoms with Gasteiger partial charge in [0, 0.05) is 12.3 Å². The van der Waals surface area contributed by atoms with Gasteiger partial charge in [0.2, 0.25) is 0 Å². The molecule has 0 radical (unpaired) electrons. The topological polar surface area (TPSA) is 69.6 Å². The quantitative estimate of drug-likeness (QED) is 0.817. The maximum atomic E-state index is 12.0. The average Bonchev–Trinajstić information content (AvgIpc) is 2.71. The summed E-state index contributed by atoms with van der Waals surface area (Å²) >= 11 is 1.34. The first-order valence-corrected chi connectivity index (χ1v) is 7.28. The zero-order valence-corrected chi connectivity index (χ0v) is 11.8. The van der Waals surface area contributed by atoms with Crippen LogP contribution in [-0.4, -0.2) is 51.9 Å². The van der Waals surface area contributed by atoms with Gasteiger partial charge in [-0.2, -0.15) is 13.2 Å². The molecule has 1 fully saturated rings. The minimum Gasteiger partial charge on any atom is -0.480 e. The number of thioether (sulfide) groups is 1. The van der Waals surface area contributed by atoms with Gasteiger partial charge in [-0.1, -0.05) is 13.3 Å². The van der Waals surface area contributed by atoms with Gasteiger partial charge in [-0.15, -0.1) is 11.8 Å². The molecule has 5 nitrogen and oxygen atoms in total. The molecule has 0 aromatic heterocycles. The fourth-order valence-electron chi connectivity index (χ4n) is 1.90. The van der Waals surface area contributed by atoms with Crippen molar-refractivity contribution < 1.29 is 27.9 Å². The molecular formula is C11H17F3N2O3S. The van der Waals surface area contributed by atoms with Gasteiger partial charge in [0.15, 0.2) is 0 Å². The second-order valence-corrected chi connectivity index (χ2v) is 5.65. The summed E-state index contributed by atoms with van der Waals surface area (Å²) in [6.45, 7) is 1.35. The Morgan fingerprint density at radius 1 is 1.45 bits per heavy atom. The van der Waals surface area contributed by atoms with Crippen LogP contribution in [0.2, 0.25) is 0 Å². The number of carbonyl (C=O) groups excluding carboxylic acids is 1. The largest absolute Gasteiger partial charge is 0.480 e. The molecule has 2 atom stereocenters. The summed E-state index contributed by atoms with van der Waals surface area (Å²) in [5.41, 5.74) is 0. The predicted octanol–water partition coefficient (Wildman–Crippen LogP) is 2.28. The van der Waals surface area contributed by atoms with E-state index in [1.54, 1.807) is 0 Å². The summed E-state index contributed by atoms with van der Waals surface area (Å²) < 4.78 is 36.1. The van der Waals surface area contributed by atoms with E-state index in [1.807, 2.05) is 6.92 Å². The highest BCUT2D eigenvalue weighted by Gasteiger charge is 2.41. The van der Waals surface area contributed by atoms with Crippen LogP contribution in [0.15, 0.2) is 0 Å². The number of amides is 2. The molecule has 1 rings (SSSR count). The molecule has 1 heterocycles. The molecule has 1 aliphatic heterocycles. The molecule has 0 bridgehead atoms. The molecule has 116 valence electrons. The number of nitrogens with one attached hydrogen (secondary N) is 1. The average molecular weight is 314 g/mol. The number of carbonyl (C=O) groups is 2. The van der Waals surface area contributed by atoms with Crippen LogP contribution < -0.4 is 5.32 Å². The summed E-state index contributed by atoms with van der Waals surface area (Å²) in [6, 6.07) is -1.73. The van der Waals surface area contributed by atoms with E-state index in [9.17, 15) is 22.8 Å². The Morgan fingerprint density at radius 3 is 2.60 bits per heavy atom. The summed E-state index contributed by atoms with van der Waals surface area (Å²) in [6.07, 6.45) is -4.10. The van der Waals surface area contributed by atoms with E-state index in [4.69, 9.17) is 5.11 Å². The molecule has 1 aliphatic rings. The van der Waals surface area contributed by atoms with E-state index in [1.165, 1.54) is 11.8 Å². The highest BCUT2D eigenvalue weighted by atomic mass is 32.2. The second-order valence-electron chi connectivity index (χ2n) is 4.44. The van der Waals surface area contributed by atoms with Gasteiger partial charge in [0.25, 0.3) is 0 Å². The fraction of sp³-hybridized carbons (Fsp3) is 0.818. The molecule has 2 amide bonds. The first-order valence-electron chi connectivity index (χ1n) is 6.23. The van der Waals surface area contributed by atoms with Crippen LogP contribution in [0, 0.1) is 0 Å². The molecule has 1 saturated heterocycles. The van der Waals surface area contributed by atoms with Gasteiger partial charge in [-0.05, 0) is 6.42 Å². The maximum Gasteiger partial charge on any atom is 0.390 e. The first kappa shape index (κ1) is 16.9. The third-order valence-electron chi connectivity index (χ3n) is 2.83. The summed E-state index contributed by atoms with van der Waals surface area (Å²) in [5.74, 6) is -0.880. The Balaban J connectivity index is 2.62. The summed E-state index contributed by atoms with van der Waals surface area (Å²) in [7, 11) is 0. The number of nitrogens with zero attached hydrogens (tertiary/aromatic N) is 1. The van der Waals surface area contributed by atoms with Crippen LogP contribution in [0.1, 0.15) is 26.2 Å². The van der Waals surface area contributed by atoms with Crippen molar-refractivity contribution in [2.45, 2.75) is 43.8 Å². The first-order chi connectivity index (χ1) is 9.26. The Hall–Kier alpha value is -1.12. The van der Waals surface area contributed by atoms with E-state index in [2.05, 4.69) is 5.32 Å².